The zero-order valence-corrected chi connectivity index (χ0v) is 23.2. The Hall–Kier alpha value is -1.65. The number of hydrogen-bond acceptors (Lipinski definition) is 8. The monoisotopic (exact) mass is 521 g/mol. The van der Waals surface area contributed by atoms with Gasteiger partial charge in [0.05, 0.1) is 47.5 Å². The number of aliphatic hydroxyl groups excluding tert-OH is 2. The molecular weight excluding hydrogens is 478 g/mol. The summed E-state index contributed by atoms with van der Waals surface area (Å²) in [4.78, 5) is 30.8. The molecule has 8 nitrogen and oxygen atoms in total. The predicted molar refractivity (Wildman–Crippen MR) is 141 cm³/mol. The van der Waals surface area contributed by atoms with Crippen LogP contribution in [0.25, 0.3) is 6.08 Å². The minimum absolute atomic E-state index is 0.00353. The molecule has 5 N–H and O–H groups in total. The molecule has 2 aliphatic rings. The first-order chi connectivity index (χ1) is 16.8. The summed E-state index contributed by atoms with van der Waals surface area (Å²) in [6.07, 6.45) is 2.84. The Balaban J connectivity index is 1.85. The van der Waals surface area contributed by atoms with Gasteiger partial charge in [-0.25, -0.2) is 4.98 Å². The lowest BCUT2D eigenvalue weighted by Crippen LogP contribution is -2.47. The van der Waals surface area contributed by atoms with Crippen LogP contribution in [0.4, 0.5) is 0 Å². The average molecular weight is 522 g/mol. The molecule has 0 unspecified atom stereocenters. The fourth-order valence-electron chi connectivity index (χ4n) is 5.23. The number of hydrogen-bond donors (Lipinski definition) is 4. The van der Waals surface area contributed by atoms with Crippen LogP contribution in [0.1, 0.15) is 84.3 Å². The largest absolute Gasteiger partial charge is 0.392 e. The van der Waals surface area contributed by atoms with Gasteiger partial charge in [0, 0.05) is 24.3 Å². The van der Waals surface area contributed by atoms with Crippen LogP contribution in [0.15, 0.2) is 11.0 Å². The van der Waals surface area contributed by atoms with Gasteiger partial charge in [0.1, 0.15) is 10.8 Å². The second kappa shape index (κ2) is 11.4. The van der Waals surface area contributed by atoms with Crippen molar-refractivity contribution in [1.82, 2.24) is 10.3 Å². The van der Waals surface area contributed by atoms with Crippen LogP contribution in [0.2, 0.25) is 0 Å². The molecule has 36 heavy (non-hydrogen) atoms. The van der Waals surface area contributed by atoms with Gasteiger partial charge in [0.2, 0.25) is 5.91 Å². The number of amides is 1. The number of nitrogens with zero attached hydrogens (tertiary/aromatic N) is 1. The Morgan fingerprint density at radius 3 is 2.64 bits per heavy atom. The maximum absolute atomic E-state index is 13.2. The number of ketones is 1. The van der Waals surface area contributed by atoms with Crippen molar-refractivity contribution in [2.75, 3.05) is 0 Å². The number of fused-ring (bicyclic) bond motifs is 1. The van der Waals surface area contributed by atoms with E-state index < -0.39 is 23.5 Å². The van der Waals surface area contributed by atoms with E-state index in [0.29, 0.717) is 13.0 Å². The third-order valence-corrected chi connectivity index (χ3v) is 9.07. The van der Waals surface area contributed by atoms with Crippen molar-refractivity contribution in [2.45, 2.75) is 110 Å². The Morgan fingerprint density at radius 1 is 1.31 bits per heavy atom. The average Bonchev–Trinajstić information content (AvgIpc) is 3.23. The number of aromatic nitrogens is 1. The number of nitrogens with two attached hydrogens (primary N) is 1. The van der Waals surface area contributed by atoms with E-state index >= 15 is 0 Å². The van der Waals surface area contributed by atoms with E-state index in [1.54, 1.807) is 20.8 Å². The highest BCUT2D eigenvalue weighted by molar-refractivity contribution is 7.09. The van der Waals surface area contributed by atoms with Crippen LogP contribution in [0.5, 0.6) is 0 Å². The quantitative estimate of drug-likeness (QED) is 0.448. The summed E-state index contributed by atoms with van der Waals surface area (Å²) in [6.45, 7) is 11.4. The Morgan fingerprint density at radius 2 is 2.00 bits per heavy atom. The fourth-order valence-corrected chi connectivity index (χ4v) is 5.86. The first-order valence-corrected chi connectivity index (χ1v) is 13.9. The van der Waals surface area contributed by atoms with E-state index in [-0.39, 0.29) is 41.8 Å². The molecule has 202 valence electrons. The van der Waals surface area contributed by atoms with Gasteiger partial charge in [-0.05, 0) is 44.3 Å². The molecule has 2 saturated heterocycles. The van der Waals surface area contributed by atoms with E-state index in [9.17, 15) is 19.8 Å². The Kier molecular flexibility index (Phi) is 9.15. The molecule has 3 rings (SSSR count). The summed E-state index contributed by atoms with van der Waals surface area (Å²) in [6, 6.07) is -0.300. The maximum Gasteiger partial charge on any atom is 0.223 e. The summed E-state index contributed by atoms with van der Waals surface area (Å²) in [7, 11) is 0. The number of aliphatic hydroxyl groups is 2. The minimum Gasteiger partial charge on any atom is -0.392 e. The van der Waals surface area contributed by atoms with Crippen LogP contribution < -0.4 is 11.1 Å². The fraction of sp³-hybridized carbons (Fsp3) is 0.741. The molecule has 0 bridgehead atoms. The van der Waals surface area contributed by atoms with Gasteiger partial charge in [-0.3, -0.25) is 9.59 Å². The maximum atomic E-state index is 13.2. The first-order valence-electron chi connectivity index (χ1n) is 13.0. The molecule has 1 aromatic heterocycles. The van der Waals surface area contributed by atoms with Crippen molar-refractivity contribution in [1.29, 1.82) is 0 Å². The normalized spacial score (nSPS) is 36.8. The molecule has 2 fully saturated rings. The molecule has 7 atom stereocenters. The van der Waals surface area contributed by atoms with Gasteiger partial charge in [0.15, 0.2) is 0 Å². The number of ether oxygens (including phenoxy) is 1. The molecule has 0 spiro atoms. The molecule has 1 aromatic rings. The van der Waals surface area contributed by atoms with Gasteiger partial charge in [-0.15, -0.1) is 11.3 Å². The van der Waals surface area contributed by atoms with Crippen LogP contribution in [-0.4, -0.2) is 56.8 Å². The zero-order valence-electron chi connectivity index (χ0n) is 22.4. The highest BCUT2D eigenvalue weighted by Crippen LogP contribution is 2.44. The van der Waals surface area contributed by atoms with Gasteiger partial charge in [0.25, 0.3) is 0 Å². The zero-order chi connectivity index (χ0) is 26.8. The third-order valence-electron chi connectivity index (χ3n) is 8.18. The topological polar surface area (TPSA) is 138 Å². The molecule has 9 heteroatoms. The lowest BCUT2D eigenvalue weighted by molar-refractivity contribution is -0.143. The highest BCUT2D eigenvalue weighted by atomic mass is 32.1. The van der Waals surface area contributed by atoms with Gasteiger partial charge in [-0.1, -0.05) is 34.1 Å². The molecule has 3 heterocycles. The molecule has 0 aliphatic carbocycles. The smallest absolute Gasteiger partial charge is 0.223 e. The molecular formula is C27H43N3O5S. The van der Waals surface area contributed by atoms with Crippen molar-refractivity contribution in [3.63, 3.8) is 0 Å². The summed E-state index contributed by atoms with van der Waals surface area (Å²) < 4.78 is 6.10. The number of thiazole rings is 1. The second-order valence-electron chi connectivity index (χ2n) is 11.5. The molecule has 0 radical (unpaired) electrons. The lowest BCUT2D eigenvalue weighted by atomic mass is 9.72. The second-order valence-corrected chi connectivity index (χ2v) is 12.4. The van der Waals surface area contributed by atoms with Crippen LogP contribution >= 0.6 is 11.3 Å². The van der Waals surface area contributed by atoms with E-state index in [0.717, 1.165) is 35.5 Å². The number of Topliss-reactive ketones (excluding diaryl/α,β-unsaturated/α-hetero) is 1. The van der Waals surface area contributed by atoms with E-state index in [4.69, 9.17) is 10.5 Å². The van der Waals surface area contributed by atoms with Gasteiger partial charge in [-0.2, -0.15) is 0 Å². The molecule has 1 amide bonds. The summed E-state index contributed by atoms with van der Waals surface area (Å²) in [5.41, 5.74) is 5.98. The minimum atomic E-state index is -1.18. The standard InChI is InChI=1S/C27H43N3O5S/c1-15-8-7-9-27(6)21(35-27)11-19(16(2)10-18-14-36-23(13-28)29-18)30-22(32)12-20(31)26(4,5)25(34)17(3)24(15)33/h10,14-15,17,19-21,24,31,33H,7-9,11-13,28H2,1-6H3,(H,30,32)/b16-10+/t15-,17+,19-,20-,21-,24-,27+/m0/s1. The van der Waals surface area contributed by atoms with E-state index in [1.165, 1.54) is 11.3 Å². The highest BCUT2D eigenvalue weighted by Gasteiger charge is 2.52. The predicted octanol–water partition coefficient (Wildman–Crippen LogP) is 3.20. The lowest BCUT2D eigenvalue weighted by Gasteiger charge is -2.34. The number of carbonyl (C=O) groups excluding carboxylic acids is 2. The van der Waals surface area contributed by atoms with Crippen molar-refractivity contribution < 1.29 is 24.5 Å². The summed E-state index contributed by atoms with van der Waals surface area (Å²) in [5, 5.41) is 27.6. The van der Waals surface area contributed by atoms with E-state index in [1.807, 2.05) is 25.3 Å². The summed E-state index contributed by atoms with van der Waals surface area (Å²) in [5.74, 6) is -1.28. The van der Waals surface area contributed by atoms with Crippen molar-refractivity contribution in [3.8, 4) is 0 Å². The third kappa shape index (κ3) is 6.61. The molecule has 0 aromatic carbocycles. The first kappa shape index (κ1) is 28.9. The van der Waals surface area contributed by atoms with Crippen molar-refractivity contribution in [2.24, 2.45) is 23.0 Å². The SMILES string of the molecule is C/C(=C\c1csc(CN)n1)[C@@H]1C[C@@H]2O[C@]2(C)CCC[C@H](C)[C@H](O)[C@@H](C)C(=O)C(C)(C)[C@@H](O)CC(=O)N1. The number of epoxide rings is 1. The Bertz CT molecular complexity index is 976. The number of carbonyl (C=O) groups is 2. The summed E-state index contributed by atoms with van der Waals surface area (Å²) >= 11 is 1.50. The Labute approximate surface area is 218 Å². The molecule has 2 aliphatic heterocycles. The number of rotatable bonds is 3. The van der Waals surface area contributed by atoms with Crippen molar-refractivity contribution >= 4 is 29.1 Å². The van der Waals surface area contributed by atoms with Crippen LogP contribution in [-0.2, 0) is 20.9 Å². The molecule has 0 saturated carbocycles. The number of nitrogens with one attached hydrogen (secondary N) is 1. The van der Waals surface area contributed by atoms with Crippen LogP contribution in [0.3, 0.4) is 0 Å². The van der Waals surface area contributed by atoms with Gasteiger partial charge >= 0.3 is 0 Å². The van der Waals surface area contributed by atoms with E-state index in [2.05, 4.69) is 17.2 Å². The van der Waals surface area contributed by atoms with Gasteiger partial charge < -0.3 is 26.0 Å². The van der Waals surface area contributed by atoms with Crippen molar-refractivity contribution in [3.05, 3.63) is 21.7 Å². The van der Waals surface area contributed by atoms with Crippen LogP contribution in [0, 0.1) is 17.3 Å².